The van der Waals surface area contributed by atoms with Crippen molar-refractivity contribution in [2.24, 2.45) is 0 Å². The Morgan fingerprint density at radius 3 is 3.27 bits per heavy atom. The third kappa shape index (κ3) is 1.56. The second-order valence-corrected chi connectivity index (χ2v) is 5.04. The largest absolute Gasteiger partial charge is 0.391 e. The van der Waals surface area contributed by atoms with Crippen LogP contribution in [0.3, 0.4) is 0 Å². The van der Waals surface area contributed by atoms with Gasteiger partial charge in [0.25, 0.3) is 0 Å². The lowest BCUT2D eigenvalue weighted by Gasteiger charge is -2.28. The Hall–Kier alpha value is -0.590. The molecule has 2 unspecified atom stereocenters. The number of piperidine rings is 1. The van der Waals surface area contributed by atoms with Gasteiger partial charge < -0.3 is 15.0 Å². The quantitative estimate of drug-likeness (QED) is 0.714. The molecule has 82 valence electrons. The van der Waals surface area contributed by atoms with Crippen LogP contribution in [0.1, 0.15) is 24.7 Å². The smallest absolute Gasteiger partial charge is 0.191 e. The number of fused-ring (bicyclic) bond motifs is 1. The molecule has 1 aromatic rings. The van der Waals surface area contributed by atoms with Crippen LogP contribution < -0.4 is 5.32 Å². The van der Waals surface area contributed by atoms with Crippen molar-refractivity contribution in [1.29, 1.82) is 0 Å². The van der Waals surface area contributed by atoms with Crippen molar-refractivity contribution in [3.8, 4) is 0 Å². The van der Waals surface area contributed by atoms with Crippen LogP contribution in [-0.2, 0) is 6.54 Å². The van der Waals surface area contributed by atoms with Gasteiger partial charge in [0.05, 0.1) is 12.1 Å². The van der Waals surface area contributed by atoms with Crippen LogP contribution in [0.4, 0.5) is 0 Å². The van der Waals surface area contributed by atoms with Crippen LogP contribution in [0, 0.1) is 0 Å². The predicted octanol–water partition coefficient (Wildman–Crippen LogP) is 0.169. The van der Waals surface area contributed by atoms with Gasteiger partial charge in [-0.2, -0.15) is 0 Å². The molecule has 6 heteroatoms. The second kappa shape index (κ2) is 3.77. The monoisotopic (exact) mass is 226 g/mol. The first-order valence-corrected chi connectivity index (χ1v) is 6.32. The van der Waals surface area contributed by atoms with Crippen molar-refractivity contribution in [1.82, 2.24) is 20.1 Å². The van der Waals surface area contributed by atoms with Gasteiger partial charge in [-0.3, -0.25) is 0 Å². The summed E-state index contributed by atoms with van der Waals surface area (Å²) in [5, 5.41) is 22.5. The molecule has 0 saturated carbocycles. The maximum absolute atomic E-state index is 9.92. The number of aromatic nitrogens is 3. The Morgan fingerprint density at radius 2 is 2.40 bits per heavy atom. The van der Waals surface area contributed by atoms with Crippen LogP contribution in [0.5, 0.6) is 0 Å². The van der Waals surface area contributed by atoms with Crippen LogP contribution in [0.25, 0.3) is 0 Å². The fourth-order valence-corrected chi connectivity index (χ4v) is 3.11. The molecule has 1 fully saturated rings. The SMILES string of the molecule is OC1CCCNC1c1nnc2n1CCS2. The minimum absolute atomic E-state index is 0.0290. The number of hydrogen-bond donors (Lipinski definition) is 2. The summed E-state index contributed by atoms with van der Waals surface area (Å²) in [6, 6.07) is -0.0290. The highest BCUT2D eigenvalue weighted by Crippen LogP contribution is 2.29. The topological polar surface area (TPSA) is 63.0 Å². The van der Waals surface area contributed by atoms with E-state index in [4.69, 9.17) is 0 Å². The summed E-state index contributed by atoms with van der Waals surface area (Å²) in [6.45, 7) is 1.92. The van der Waals surface area contributed by atoms with Crippen molar-refractivity contribution in [2.45, 2.75) is 36.7 Å². The summed E-state index contributed by atoms with van der Waals surface area (Å²) in [5.41, 5.74) is 0. The van der Waals surface area contributed by atoms with Crippen LogP contribution in [0.15, 0.2) is 5.16 Å². The van der Waals surface area contributed by atoms with Crippen LogP contribution in [-0.4, -0.2) is 38.3 Å². The molecule has 2 aliphatic rings. The van der Waals surface area contributed by atoms with Gasteiger partial charge in [-0.05, 0) is 19.4 Å². The molecule has 0 bridgehead atoms. The predicted molar refractivity (Wildman–Crippen MR) is 56.7 cm³/mol. The first-order valence-electron chi connectivity index (χ1n) is 5.33. The Bertz CT molecular complexity index is 367. The third-order valence-corrected chi connectivity index (χ3v) is 3.94. The number of nitrogens with one attached hydrogen (secondary N) is 1. The molecule has 3 heterocycles. The lowest BCUT2D eigenvalue weighted by atomic mass is 10.0. The average molecular weight is 226 g/mol. The molecule has 15 heavy (non-hydrogen) atoms. The summed E-state index contributed by atoms with van der Waals surface area (Å²) in [7, 11) is 0. The van der Waals surface area contributed by atoms with E-state index in [2.05, 4.69) is 20.1 Å². The summed E-state index contributed by atoms with van der Waals surface area (Å²) in [5.74, 6) is 1.97. The van der Waals surface area contributed by atoms with Crippen molar-refractivity contribution in [2.75, 3.05) is 12.3 Å². The molecule has 2 atom stereocenters. The summed E-state index contributed by atoms with van der Waals surface area (Å²) < 4.78 is 2.12. The normalized spacial score (nSPS) is 30.5. The van der Waals surface area contributed by atoms with E-state index in [-0.39, 0.29) is 12.1 Å². The van der Waals surface area contributed by atoms with Crippen molar-refractivity contribution in [3.05, 3.63) is 5.82 Å². The molecular formula is C9H14N4OS. The minimum Gasteiger partial charge on any atom is -0.391 e. The van der Waals surface area contributed by atoms with E-state index in [1.807, 2.05) is 0 Å². The van der Waals surface area contributed by atoms with Crippen molar-refractivity contribution < 1.29 is 5.11 Å². The van der Waals surface area contributed by atoms with E-state index >= 15 is 0 Å². The maximum Gasteiger partial charge on any atom is 0.191 e. The molecule has 2 N–H and O–H groups in total. The van der Waals surface area contributed by atoms with Crippen molar-refractivity contribution in [3.63, 3.8) is 0 Å². The highest BCUT2D eigenvalue weighted by Gasteiger charge is 2.31. The van der Waals surface area contributed by atoms with Gasteiger partial charge in [-0.25, -0.2) is 0 Å². The molecule has 0 radical (unpaired) electrons. The van der Waals surface area contributed by atoms with Gasteiger partial charge in [-0.1, -0.05) is 11.8 Å². The van der Waals surface area contributed by atoms with E-state index < -0.39 is 0 Å². The average Bonchev–Trinajstić information content (AvgIpc) is 2.80. The molecule has 1 aromatic heterocycles. The van der Waals surface area contributed by atoms with E-state index in [0.29, 0.717) is 0 Å². The number of rotatable bonds is 1. The maximum atomic E-state index is 9.92. The number of aliphatic hydroxyl groups is 1. The summed E-state index contributed by atoms with van der Waals surface area (Å²) >= 11 is 1.73. The highest BCUT2D eigenvalue weighted by atomic mass is 32.2. The van der Waals surface area contributed by atoms with Gasteiger partial charge in [0.1, 0.15) is 0 Å². The van der Waals surface area contributed by atoms with E-state index in [9.17, 15) is 5.11 Å². The van der Waals surface area contributed by atoms with E-state index in [1.165, 1.54) is 0 Å². The van der Waals surface area contributed by atoms with Crippen molar-refractivity contribution >= 4 is 11.8 Å². The van der Waals surface area contributed by atoms with Gasteiger partial charge in [-0.15, -0.1) is 10.2 Å². The third-order valence-electron chi connectivity index (χ3n) is 3.00. The molecule has 1 saturated heterocycles. The Labute approximate surface area is 92.3 Å². The number of nitrogens with zero attached hydrogens (tertiary/aromatic N) is 3. The zero-order valence-corrected chi connectivity index (χ0v) is 9.20. The first kappa shape index (κ1) is 9.62. The van der Waals surface area contributed by atoms with Crippen LogP contribution in [0.2, 0.25) is 0 Å². The molecular weight excluding hydrogens is 212 g/mol. The second-order valence-electron chi connectivity index (χ2n) is 3.98. The molecule has 0 aliphatic carbocycles. The zero-order chi connectivity index (χ0) is 10.3. The van der Waals surface area contributed by atoms with Gasteiger partial charge in [0.2, 0.25) is 0 Å². The Morgan fingerprint density at radius 1 is 1.47 bits per heavy atom. The lowest BCUT2D eigenvalue weighted by Crippen LogP contribution is -2.39. The Kier molecular flexibility index (Phi) is 2.42. The molecule has 5 nitrogen and oxygen atoms in total. The minimum atomic E-state index is -0.322. The highest BCUT2D eigenvalue weighted by molar-refractivity contribution is 7.99. The van der Waals surface area contributed by atoms with E-state index in [1.54, 1.807) is 11.8 Å². The summed E-state index contributed by atoms with van der Waals surface area (Å²) in [4.78, 5) is 0. The zero-order valence-electron chi connectivity index (χ0n) is 8.39. The molecule has 2 aliphatic heterocycles. The van der Waals surface area contributed by atoms with Crippen LogP contribution >= 0.6 is 11.8 Å². The van der Waals surface area contributed by atoms with Gasteiger partial charge in [0, 0.05) is 12.3 Å². The number of aliphatic hydroxyl groups excluding tert-OH is 1. The standard InChI is InChI=1S/C9H14N4OS/c14-6-2-1-3-10-7(6)8-11-12-9-13(8)4-5-15-9/h6-7,10,14H,1-5H2. The summed E-state index contributed by atoms with van der Waals surface area (Å²) in [6.07, 6.45) is 1.57. The van der Waals surface area contributed by atoms with Gasteiger partial charge in [0.15, 0.2) is 11.0 Å². The first-order chi connectivity index (χ1) is 7.36. The molecule has 3 rings (SSSR count). The fourth-order valence-electron chi connectivity index (χ4n) is 2.21. The molecule has 0 amide bonds. The number of thioether (sulfide) groups is 1. The Balaban J connectivity index is 1.91. The molecule has 0 aromatic carbocycles. The van der Waals surface area contributed by atoms with Gasteiger partial charge >= 0.3 is 0 Å². The van der Waals surface area contributed by atoms with E-state index in [0.717, 1.165) is 42.7 Å². The lowest BCUT2D eigenvalue weighted by molar-refractivity contribution is 0.0908. The number of hydrogen-bond acceptors (Lipinski definition) is 5. The molecule has 0 spiro atoms. The fraction of sp³-hybridized carbons (Fsp3) is 0.778.